The number of hydrogen-bond acceptors (Lipinski definition) is 6. The number of ether oxygens (including phenoxy) is 1. The Kier molecular flexibility index (Phi) is 7.89. The van der Waals surface area contributed by atoms with Crippen LogP contribution < -0.4 is 11.1 Å². The molecule has 42 heavy (non-hydrogen) atoms. The largest absolute Gasteiger partial charge is 0.382 e. The fourth-order valence-corrected chi connectivity index (χ4v) is 5.87. The molecule has 5 rings (SSSR count). The summed E-state index contributed by atoms with van der Waals surface area (Å²) in [6.07, 6.45) is 3.01. The third kappa shape index (κ3) is 5.92. The molecule has 0 radical (unpaired) electrons. The molecule has 228 valence electrons. The first-order chi connectivity index (χ1) is 19.8. The Labute approximate surface area is 239 Å². The van der Waals surface area contributed by atoms with Gasteiger partial charge in [0.05, 0.1) is 49.5 Å². The number of nitrogens with one attached hydrogen (secondary N) is 1. The molecule has 0 bridgehead atoms. The van der Waals surface area contributed by atoms with E-state index in [0.717, 1.165) is 4.90 Å². The third-order valence-electron chi connectivity index (χ3n) is 7.97. The van der Waals surface area contributed by atoms with E-state index in [-0.39, 0.29) is 49.9 Å². The summed E-state index contributed by atoms with van der Waals surface area (Å²) in [4.78, 5) is 30.5. The Hall–Kier alpha value is -3.75. The van der Waals surface area contributed by atoms with Gasteiger partial charge < -0.3 is 20.7 Å². The van der Waals surface area contributed by atoms with Crippen molar-refractivity contribution in [3.8, 4) is 0 Å². The van der Waals surface area contributed by atoms with Crippen LogP contribution in [0.2, 0.25) is 0 Å². The summed E-state index contributed by atoms with van der Waals surface area (Å²) in [7, 11) is 1.40. The van der Waals surface area contributed by atoms with Crippen LogP contribution >= 0.6 is 0 Å². The van der Waals surface area contributed by atoms with Crippen molar-refractivity contribution < 1.29 is 31.9 Å². The Balaban J connectivity index is 1.55. The number of nitrogens with two attached hydrogens (primary N) is 1. The summed E-state index contributed by atoms with van der Waals surface area (Å²) >= 11 is 0. The molecule has 0 spiro atoms. The predicted molar refractivity (Wildman–Crippen MR) is 143 cm³/mol. The first-order valence-corrected chi connectivity index (χ1v) is 13.8. The molecule has 3 amide bonds. The predicted octanol–water partition coefficient (Wildman–Crippen LogP) is 3.91. The van der Waals surface area contributed by atoms with Gasteiger partial charge in [0.25, 0.3) is 11.8 Å². The van der Waals surface area contributed by atoms with Crippen LogP contribution in [-0.4, -0.2) is 79.9 Å². The second-order valence-corrected chi connectivity index (χ2v) is 11.4. The monoisotopic (exact) mass is 594 g/mol. The SMILES string of the molecule is COC[C@H](c1cnn2cc([C@@H](c3cc(C(N)=O)n(C(C)C)n3)C3CCC(F)(F)CC3)nc2c1)N1CC(F)(F)CNC1=O. The number of primary amides is 1. The average molecular weight is 595 g/mol. The summed E-state index contributed by atoms with van der Waals surface area (Å²) < 4.78 is 64.9. The molecule has 1 saturated carbocycles. The van der Waals surface area contributed by atoms with Gasteiger partial charge in [0.1, 0.15) is 5.69 Å². The molecule has 4 heterocycles. The average Bonchev–Trinajstić information content (AvgIpc) is 3.55. The standard InChI is InChI=1S/C27H34F4N8O3/c1-15(2)39-20(24(32)40)9-18(36-39)23(16-4-6-26(28,29)7-5-16)19-11-38-22(35-19)8-17(10-34-38)21(12-42-3)37-14-27(30,31)13-33-25(37)41/h8-11,15-16,21,23H,4-7,12-14H2,1-3H3,(H2,32,40)(H,33,41)/t21-,23-/m1/s1. The highest BCUT2D eigenvalue weighted by molar-refractivity contribution is 5.91. The van der Waals surface area contributed by atoms with Crippen LogP contribution in [0.3, 0.4) is 0 Å². The van der Waals surface area contributed by atoms with Gasteiger partial charge in [0, 0.05) is 37.5 Å². The van der Waals surface area contributed by atoms with Crippen LogP contribution in [0, 0.1) is 5.92 Å². The minimum Gasteiger partial charge on any atom is -0.382 e. The summed E-state index contributed by atoms with van der Waals surface area (Å²) in [5.74, 6) is -7.31. The van der Waals surface area contributed by atoms with Crippen molar-refractivity contribution in [3.05, 3.63) is 47.2 Å². The lowest BCUT2D eigenvalue weighted by atomic mass is 9.76. The van der Waals surface area contributed by atoms with Gasteiger partial charge in [-0.3, -0.25) is 9.48 Å². The smallest absolute Gasteiger partial charge is 0.318 e. The van der Waals surface area contributed by atoms with Gasteiger partial charge in [-0.1, -0.05) is 0 Å². The molecule has 0 aromatic carbocycles. The molecular formula is C27H34F4N8O3. The van der Waals surface area contributed by atoms with Crippen LogP contribution in [0.25, 0.3) is 5.65 Å². The Morgan fingerprint density at radius 1 is 1.17 bits per heavy atom. The van der Waals surface area contributed by atoms with Gasteiger partial charge in [0.15, 0.2) is 5.65 Å². The fourth-order valence-electron chi connectivity index (χ4n) is 5.87. The van der Waals surface area contributed by atoms with Crippen molar-refractivity contribution in [2.45, 2.75) is 69.4 Å². The van der Waals surface area contributed by atoms with Crippen LogP contribution in [0.15, 0.2) is 24.5 Å². The van der Waals surface area contributed by atoms with Gasteiger partial charge in [-0.25, -0.2) is 31.9 Å². The van der Waals surface area contributed by atoms with E-state index in [4.69, 9.17) is 15.5 Å². The molecule has 2 fully saturated rings. The van der Waals surface area contributed by atoms with Crippen molar-refractivity contribution in [1.29, 1.82) is 0 Å². The zero-order valence-corrected chi connectivity index (χ0v) is 23.6. The summed E-state index contributed by atoms with van der Waals surface area (Å²) in [6, 6.07) is 1.53. The van der Waals surface area contributed by atoms with E-state index in [1.54, 1.807) is 18.3 Å². The first kappa shape index (κ1) is 29.7. The highest BCUT2D eigenvalue weighted by Crippen LogP contribution is 2.44. The van der Waals surface area contributed by atoms with Gasteiger partial charge in [-0.05, 0) is 44.7 Å². The Morgan fingerprint density at radius 3 is 2.50 bits per heavy atom. The fraction of sp³-hybridized carbons (Fsp3) is 0.593. The minimum atomic E-state index is -3.12. The van der Waals surface area contributed by atoms with Crippen molar-refractivity contribution in [3.63, 3.8) is 0 Å². The van der Waals surface area contributed by atoms with Crippen molar-refractivity contribution in [1.82, 2.24) is 34.6 Å². The lowest BCUT2D eigenvalue weighted by molar-refractivity contribution is -0.0510. The number of carbonyl (C=O) groups excluding carboxylic acids is 2. The number of aromatic nitrogens is 5. The van der Waals surface area contributed by atoms with Crippen LogP contribution in [0.1, 0.15) is 85.0 Å². The van der Waals surface area contributed by atoms with Crippen LogP contribution in [-0.2, 0) is 4.74 Å². The van der Waals surface area contributed by atoms with Gasteiger partial charge in [0.2, 0.25) is 5.92 Å². The van der Waals surface area contributed by atoms with Gasteiger partial charge in [-0.2, -0.15) is 10.2 Å². The number of fused-ring (bicyclic) bond motifs is 1. The number of alkyl halides is 4. The number of urea groups is 1. The number of imidazole rings is 1. The highest BCUT2D eigenvalue weighted by Gasteiger charge is 2.43. The topological polar surface area (TPSA) is 133 Å². The summed E-state index contributed by atoms with van der Waals surface area (Å²) in [5.41, 5.74) is 7.61. The maximum Gasteiger partial charge on any atom is 0.318 e. The second kappa shape index (κ2) is 11.2. The van der Waals surface area contributed by atoms with E-state index in [0.29, 0.717) is 22.6 Å². The number of amides is 3. The van der Waals surface area contributed by atoms with E-state index >= 15 is 0 Å². The molecule has 3 N–H and O–H groups in total. The molecule has 15 heteroatoms. The summed E-state index contributed by atoms with van der Waals surface area (Å²) in [5, 5.41) is 11.3. The normalized spacial score (nSPS) is 20.6. The van der Waals surface area contributed by atoms with E-state index in [1.807, 2.05) is 13.8 Å². The lowest BCUT2D eigenvalue weighted by Crippen LogP contribution is -2.58. The summed E-state index contributed by atoms with van der Waals surface area (Å²) in [6.45, 7) is 2.11. The molecular weight excluding hydrogens is 560 g/mol. The number of methoxy groups -OCH3 is 1. The van der Waals surface area contributed by atoms with Gasteiger partial charge in [-0.15, -0.1) is 0 Å². The second-order valence-electron chi connectivity index (χ2n) is 11.4. The lowest BCUT2D eigenvalue weighted by Gasteiger charge is -2.38. The van der Waals surface area contributed by atoms with E-state index < -0.39 is 48.8 Å². The third-order valence-corrected chi connectivity index (χ3v) is 7.97. The van der Waals surface area contributed by atoms with E-state index in [1.165, 1.54) is 22.5 Å². The Morgan fingerprint density at radius 2 is 1.88 bits per heavy atom. The molecule has 2 atom stereocenters. The van der Waals surface area contributed by atoms with Crippen LogP contribution in [0.4, 0.5) is 22.4 Å². The highest BCUT2D eigenvalue weighted by atomic mass is 19.3. The number of rotatable bonds is 9. The van der Waals surface area contributed by atoms with E-state index in [9.17, 15) is 27.2 Å². The quantitative estimate of drug-likeness (QED) is 0.361. The molecule has 11 nitrogen and oxygen atoms in total. The zero-order chi connectivity index (χ0) is 30.4. The number of nitrogens with zero attached hydrogens (tertiary/aromatic N) is 6. The van der Waals surface area contributed by atoms with Gasteiger partial charge >= 0.3 is 6.03 Å². The molecule has 3 aromatic heterocycles. The maximum absolute atomic E-state index is 14.2. The number of carbonyl (C=O) groups is 2. The van der Waals surface area contributed by atoms with E-state index in [2.05, 4.69) is 15.5 Å². The molecule has 1 aliphatic carbocycles. The van der Waals surface area contributed by atoms with Crippen molar-refractivity contribution in [2.75, 3.05) is 26.8 Å². The number of halogens is 4. The molecule has 2 aliphatic rings. The molecule has 3 aromatic rings. The number of hydrogen-bond donors (Lipinski definition) is 2. The first-order valence-electron chi connectivity index (χ1n) is 13.8. The minimum absolute atomic E-state index is 0.0592. The zero-order valence-electron chi connectivity index (χ0n) is 23.6. The molecule has 1 aliphatic heterocycles. The molecule has 1 saturated heterocycles. The Bertz CT molecular complexity index is 1460. The van der Waals surface area contributed by atoms with Crippen LogP contribution in [0.5, 0.6) is 0 Å². The van der Waals surface area contributed by atoms with Crippen molar-refractivity contribution in [2.24, 2.45) is 11.7 Å². The van der Waals surface area contributed by atoms with Crippen molar-refractivity contribution >= 4 is 17.6 Å². The molecule has 0 unspecified atom stereocenters. The maximum atomic E-state index is 14.2.